The summed E-state index contributed by atoms with van der Waals surface area (Å²) in [7, 11) is 0. The Morgan fingerprint density at radius 1 is 1.40 bits per heavy atom. The zero-order valence-electron chi connectivity index (χ0n) is 12.0. The number of β-amino-alcohol motifs (C(OH)–C–C–N with tert-alkyl or cyclic N) is 1. The second kappa shape index (κ2) is 5.79. The van der Waals surface area contributed by atoms with Crippen LogP contribution in [-0.4, -0.2) is 58.1 Å². The quantitative estimate of drug-likeness (QED) is 0.888. The predicted molar refractivity (Wildman–Crippen MR) is 72.3 cm³/mol. The van der Waals surface area contributed by atoms with E-state index in [4.69, 9.17) is 9.26 Å². The molecular weight excluding hydrogens is 258 g/mol. The van der Waals surface area contributed by atoms with Gasteiger partial charge >= 0.3 is 0 Å². The molecule has 0 aliphatic carbocycles. The van der Waals surface area contributed by atoms with Crippen molar-refractivity contribution in [3.63, 3.8) is 0 Å². The maximum absolute atomic E-state index is 10.8. The molecule has 0 aromatic carbocycles. The van der Waals surface area contributed by atoms with Crippen LogP contribution in [0.4, 0.5) is 0 Å². The van der Waals surface area contributed by atoms with Crippen LogP contribution in [0.3, 0.4) is 0 Å². The number of piperidine rings is 1. The van der Waals surface area contributed by atoms with Crippen molar-refractivity contribution < 1.29 is 14.4 Å². The molecule has 0 saturated carbocycles. The van der Waals surface area contributed by atoms with Gasteiger partial charge in [0, 0.05) is 25.8 Å². The molecule has 112 valence electrons. The fourth-order valence-electron chi connectivity index (χ4n) is 3.35. The van der Waals surface area contributed by atoms with Crippen molar-refractivity contribution in [3.05, 3.63) is 11.7 Å². The number of hydrogen-bond donors (Lipinski definition) is 1. The molecule has 1 N–H and O–H groups in total. The lowest BCUT2D eigenvalue weighted by Gasteiger charge is -2.43. The lowest BCUT2D eigenvalue weighted by molar-refractivity contribution is -0.0635. The molecule has 0 bridgehead atoms. The summed E-state index contributed by atoms with van der Waals surface area (Å²) in [4.78, 5) is 6.62. The highest BCUT2D eigenvalue weighted by atomic mass is 16.5. The second-order valence-corrected chi connectivity index (χ2v) is 6.05. The first-order chi connectivity index (χ1) is 9.65. The lowest BCUT2D eigenvalue weighted by atomic mass is 9.88. The van der Waals surface area contributed by atoms with Crippen molar-refractivity contribution in [2.24, 2.45) is 0 Å². The van der Waals surface area contributed by atoms with Gasteiger partial charge in [-0.05, 0) is 39.2 Å². The Kier molecular flexibility index (Phi) is 4.05. The molecule has 0 amide bonds. The molecule has 2 saturated heterocycles. The van der Waals surface area contributed by atoms with Crippen LogP contribution in [-0.2, 0) is 11.2 Å². The molecular formula is C14H23N3O3. The Labute approximate surface area is 119 Å². The Hall–Kier alpha value is -0.980. The van der Waals surface area contributed by atoms with E-state index in [2.05, 4.69) is 15.0 Å². The number of nitrogens with zero attached hydrogens (tertiary/aromatic N) is 3. The van der Waals surface area contributed by atoms with Gasteiger partial charge in [-0.15, -0.1) is 0 Å². The van der Waals surface area contributed by atoms with Crippen molar-refractivity contribution in [3.8, 4) is 0 Å². The number of rotatable bonds is 3. The highest BCUT2D eigenvalue weighted by Crippen LogP contribution is 2.28. The number of aryl methyl sites for hydroxylation is 1. The minimum atomic E-state index is -0.741. The van der Waals surface area contributed by atoms with Crippen molar-refractivity contribution in [1.82, 2.24) is 15.0 Å². The van der Waals surface area contributed by atoms with Crippen LogP contribution >= 0.6 is 0 Å². The topological polar surface area (TPSA) is 71.6 Å². The zero-order valence-corrected chi connectivity index (χ0v) is 12.0. The average Bonchev–Trinajstić information content (AvgIpc) is 2.84. The first-order valence-corrected chi connectivity index (χ1v) is 7.48. The Morgan fingerprint density at radius 3 is 2.90 bits per heavy atom. The van der Waals surface area contributed by atoms with Crippen LogP contribution in [0.2, 0.25) is 0 Å². The molecule has 6 nitrogen and oxygen atoms in total. The summed E-state index contributed by atoms with van der Waals surface area (Å²) in [6.45, 7) is 5.23. The van der Waals surface area contributed by atoms with Gasteiger partial charge in [-0.25, -0.2) is 0 Å². The minimum absolute atomic E-state index is 0.452. The second-order valence-electron chi connectivity index (χ2n) is 6.05. The Balaban J connectivity index is 1.63. The highest BCUT2D eigenvalue weighted by Gasteiger charge is 2.37. The van der Waals surface area contributed by atoms with Crippen molar-refractivity contribution >= 4 is 0 Å². The van der Waals surface area contributed by atoms with E-state index >= 15 is 0 Å². The lowest BCUT2D eigenvalue weighted by Crippen LogP contribution is -2.53. The smallest absolute Gasteiger partial charge is 0.229 e. The van der Waals surface area contributed by atoms with E-state index in [9.17, 15) is 5.11 Å². The standard InChI is InChI=1S/C14H23N3O3/c1-11-15-13(20-16-11)9-14(18)5-2-6-17(10-14)12-3-7-19-8-4-12/h12,18H,2-10H2,1H3. The third-order valence-electron chi connectivity index (χ3n) is 4.34. The van der Waals surface area contributed by atoms with Crippen LogP contribution in [0.1, 0.15) is 37.4 Å². The van der Waals surface area contributed by atoms with Gasteiger partial charge in [0.1, 0.15) is 0 Å². The number of aromatic nitrogens is 2. The van der Waals surface area contributed by atoms with Gasteiger partial charge in [0.05, 0.1) is 12.0 Å². The number of hydrogen-bond acceptors (Lipinski definition) is 6. The van der Waals surface area contributed by atoms with E-state index in [1.54, 1.807) is 6.92 Å². The predicted octanol–water partition coefficient (Wildman–Crippen LogP) is 0.926. The third-order valence-corrected chi connectivity index (χ3v) is 4.34. The zero-order chi connectivity index (χ0) is 14.0. The van der Waals surface area contributed by atoms with Gasteiger partial charge in [-0.2, -0.15) is 4.98 Å². The van der Waals surface area contributed by atoms with E-state index < -0.39 is 5.60 Å². The summed E-state index contributed by atoms with van der Waals surface area (Å²) in [6, 6.07) is 0.542. The Morgan fingerprint density at radius 2 is 2.20 bits per heavy atom. The van der Waals surface area contributed by atoms with Crippen molar-refractivity contribution in [2.45, 2.75) is 50.7 Å². The SMILES string of the molecule is Cc1noc(CC2(O)CCCN(C3CCOCC3)C2)n1. The molecule has 2 aliphatic rings. The Bertz CT molecular complexity index is 445. The van der Waals surface area contributed by atoms with Crippen LogP contribution in [0, 0.1) is 6.92 Å². The molecule has 3 heterocycles. The summed E-state index contributed by atoms with van der Waals surface area (Å²) in [5.74, 6) is 1.17. The minimum Gasteiger partial charge on any atom is -0.388 e. The van der Waals surface area contributed by atoms with Crippen molar-refractivity contribution in [1.29, 1.82) is 0 Å². The first kappa shape index (κ1) is 14.0. The van der Waals surface area contributed by atoms with Gasteiger partial charge in [-0.1, -0.05) is 5.16 Å². The molecule has 1 unspecified atom stereocenters. The number of likely N-dealkylation sites (tertiary alicyclic amines) is 1. The molecule has 0 spiro atoms. The summed E-state index contributed by atoms with van der Waals surface area (Å²) in [6.07, 6.45) is 4.40. The molecule has 1 aromatic rings. The number of ether oxygens (including phenoxy) is 1. The summed E-state index contributed by atoms with van der Waals surface area (Å²) in [5.41, 5.74) is -0.741. The van der Waals surface area contributed by atoms with Crippen LogP contribution < -0.4 is 0 Å². The molecule has 3 rings (SSSR count). The van der Waals surface area contributed by atoms with Crippen LogP contribution in [0.5, 0.6) is 0 Å². The molecule has 0 radical (unpaired) electrons. The maximum atomic E-state index is 10.8. The van der Waals surface area contributed by atoms with Crippen LogP contribution in [0.15, 0.2) is 4.52 Å². The fourth-order valence-corrected chi connectivity index (χ4v) is 3.35. The average molecular weight is 281 g/mol. The summed E-state index contributed by atoms with van der Waals surface area (Å²) in [5, 5.41) is 14.6. The van der Waals surface area contributed by atoms with Gasteiger partial charge in [0.25, 0.3) is 0 Å². The molecule has 1 aromatic heterocycles. The normalized spacial score (nSPS) is 29.7. The molecule has 1 atom stereocenters. The summed E-state index contributed by atoms with van der Waals surface area (Å²) >= 11 is 0. The van der Waals surface area contributed by atoms with E-state index in [-0.39, 0.29) is 0 Å². The largest absolute Gasteiger partial charge is 0.388 e. The highest BCUT2D eigenvalue weighted by molar-refractivity contribution is 4.97. The summed E-state index contributed by atoms with van der Waals surface area (Å²) < 4.78 is 10.6. The molecule has 6 heteroatoms. The molecule has 2 aliphatic heterocycles. The maximum Gasteiger partial charge on any atom is 0.229 e. The van der Waals surface area contributed by atoms with Gasteiger partial charge in [0.2, 0.25) is 5.89 Å². The first-order valence-electron chi connectivity index (χ1n) is 7.48. The monoisotopic (exact) mass is 281 g/mol. The van der Waals surface area contributed by atoms with E-state index in [0.29, 0.717) is 30.7 Å². The van der Waals surface area contributed by atoms with E-state index in [0.717, 1.165) is 45.4 Å². The van der Waals surface area contributed by atoms with E-state index in [1.807, 2.05) is 0 Å². The van der Waals surface area contributed by atoms with E-state index in [1.165, 1.54) is 0 Å². The van der Waals surface area contributed by atoms with Crippen LogP contribution in [0.25, 0.3) is 0 Å². The number of aliphatic hydroxyl groups is 1. The third kappa shape index (κ3) is 3.19. The fraction of sp³-hybridized carbons (Fsp3) is 0.857. The van der Waals surface area contributed by atoms with Crippen molar-refractivity contribution in [2.75, 3.05) is 26.3 Å². The van der Waals surface area contributed by atoms with Gasteiger partial charge < -0.3 is 14.4 Å². The van der Waals surface area contributed by atoms with Gasteiger partial charge in [0.15, 0.2) is 5.82 Å². The molecule has 2 fully saturated rings. The molecule has 20 heavy (non-hydrogen) atoms. The van der Waals surface area contributed by atoms with Gasteiger partial charge in [-0.3, -0.25) is 4.90 Å².